The second-order valence-electron chi connectivity index (χ2n) is 4.28. The van der Waals surface area contributed by atoms with E-state index in [9.17, 15) is 0 Å². The topological polar surface area (TPSA) is 41.0 Å². The Balaban J connectivity index is 1.94. The molecule has 2 heterocycles. The molecule has 1 aromatic heterocycles. The lowest BCUT2D eigenvalue weighted by Gasteiger charge is -2.28. The van der Waals surface area contributed by atoms with Crippen molar-refractivity contribution in [1.82, 2.24) is 15.3 Å². The van der Waals surface area contributed by atoms with Crippen molar-refractivity contribution >= 4 is 17.4 Å². The predicted octanol–water partition coefficient (Wildman–Crippen LogP) is 1.57. The summed E-state index contributed by atoms with van der Waals surface area (Å²) in [6, 6.07) is 1.89. The van der Waals surface area contributed by atoms with Gasteiger partial charge in [-0.15, -0.1) is 0 Å². The maximum atomic E-state index is 5.77. The minimum absolute atomic E-state index is 0.311. The van der Waals surface area contributed by atoms with Crippen molar-refractivity contribution in [2.45, 2.75) is 12.8 Å². The average molecular weight is 241 g/mol. The lowest BCUT2D eigenvalue weighted by atomic mass is 9.99. The van der Waals surface area contributed by atoms with E-state index < -0.39 is 0 Å². The molecule has 0 bridgehead atoms. The van der Waals surface area contributed by atoms with Crippen LogP contribution in [0.5, 0.6) is 0 Å². The molecule has 2 rings (SSSR count). The van der Waals surface area contributed by atoms with E-state index in [1.54, 1.807) is 6.20 Å². The van der Waals surface area contributed by atoms with Crippen LogP contribution in [0.4, 0.5) is 5.82 Å². The summed E-state index contributed by atoms with van der Waals surface area (Å²) in [5.41, 5.74) is 0. The molecule has 0 saturated carbocycles. The summed E-state index contributed by atoms with van der Waals surface area (Å²) in [5.74, 6) is 1.60. The Hall–Kier alpha value is -0.870. The molecule has 88 valence electrons. The van der Waals surface area contributed by atoms with E-state index in [2.05, 4.69) is 20.2 Å². The summed E-state index contributed by atoms with van der Waals surface area (Å²) in [7, 11) is 2.05. The number of aromatic nitrogens is 2. The second kappa shape index (κ2) is 5.46. The van der Waals surface area contributed by atoms with Gasteiger partial charge in [0, 0.05) is 19.8 Å². The van der Waals surface area contributed by atoms with Crippen molar-refractivity contribution in [2.75, 3.05) is 31.6 Å². The predicted molar refractivity (Wildman–Crippen MR) is 65.9 cm³/mol. The van der Waals surface area contributed by atoms with Crippen molar-refractivity contribution in [3.05, 3.63) is 17.5 Å². The fourth-order valence-electron chi connectivity index (χ4n) is 2.10. The molecular formula is C11H17ClN4. The van der Waals surface area contributed by atoms with Gasteiger partial charge < -0.3 is 10.2 Å². The van der Waals surface area contributed by atoms with Crippen molar-refractivity contribution in [1.29, 1.82) is 0 Å². The molecule has 1 fully saturated rings. The highest BCUT2D eigenvalue weighted by Crippen LogP contribution is 2.16. The fourth-order valence-corrected chi connectivity index (χ4v) is 2.24. The van der Waals surface area contributed by atoms with Crippen LogP contribution < -0.4 is 10.2 Å². The van der Waals surface area contributed by atoms with Crippen LogP contribution in [0.25, 0.3) is 0 Å². The molecule has 5 heteroatoms. The van der Waals surface area contributed by atoms with Crippen LogP contribution in [0.2, 0.25) is 5.28 Å². The minimum atomic E-state index is 0.311. The quantitative estimate of drug-likeness (QED) is 0.815. The maximum Gasteiger partial charge on any atom is 0.224 e. The standard InChI is InChI=1S/C11H17ClN4/c1-16(8-9-3-2-5-13-7-9)10-4-6-14-11(12)15-10/h4,6,9,13H,2-3,5,7-8H2,1H3/t9-/m0/s1. The van der Waals surface area contributed by atoms with E-state index in [0.29, 0.717) is 11.2 Å². The van der Waals surface area contributed by atoms with E-state index in [4.69, 9.17) is 11.6 Å². The Bertz CT molecular complexity index is 339. The Morgan fingerprint density at radius 1 is 1.62 bits per heavy atom. The zero-order chi connectivity index (χ0) is 11.4. The third-order valence-corrected chi connectivity index (χ3v) is 3.12. The lowest BCUT2D eigenvalue weighted by molar-refractivity contribution is 0.380. The van der Waals surface area contributed by atoms with E-state index in [0.717, 1.165) is 25.5 Å². The zero-order valence-electron chi connectivity index (χ0n) is 9.49. The van der Waals surface area contributed by atoms with Gasteiger partial charge in [0.2, 0.25) is 5.28 Å². The molecule has 16 heavy (non-hydrogen) atoms. The third kappa shape index (κ3) is 3.06. The van der Waals surface area contributed by atoms with Gasteiger partial charge in [-0.3, -0.25) is 0 Å². The molecular weight excluding hydrogens is 224 g/mol. The molecule has 1 aromatic rings. The van der Waals surface area contributed by atoms with Crippen LogP contribution in [-0.4, -0.2) is 36.6 Å². The first-order chi connectivity index (χ1) is 7.75. The molecule has 0 unspecified atom stereocenters. The summed E-state index contributed by atoms with van der Waals surface area (Å²) in [6.45, 7) is 3.27. The van der Waals surface area contributed by atoms with E-state index in [1.807, 2.05) is 13.1 Å². The molecule has 1 saturated heterocycles. The number of anilines is 1. The summed E-state index contributed by atoms with van der Waals surface area (Å²) >= 11 is 5.77. The van der Waals surface area contributed by atoms with Gasteiger partial charge in [0.15, 0.2) is 0 Å². The Kier molecular flexibility index (Phi) is 3.96. The SMILES string of the molecule is CN(C[C@H]1CCCNC1)c1ccnc(Cl)n1. The van der Waals surface area contributed by atoms with Crippen LogP contribution in [0.1, 0.15) is 12.8 Å². The van der Waals surface area contributed by atoms with Crippen molar-refractivity contribution in [3.8, 4) is 0 Å². The van der Waals surface area contributed by atoms with Crippen LogP contribution in [0.15, 0.2) is 12.3 Å². The molecule has 0 aliphatic carbocycles. The highest BCUT2D eigenvalue weighted by molar-refractivity contribution is 6.28. The first-order valence-electron chi connectivity index (χ1n) is 5.66. The largest absolute Gasteiger partial charge is 0.359 e. The van der Waals surface area contributed by atoms with E-state index >= 15 is 0 Å². The molecule has 1 atom stereocenters. The number of hydrogen-bond donors (Lipinski definition) is 1. The van der Waals surface area contributed by atoms with E-state index in [-0.39, 0.29) is 0 Å². The Morgan fingerprint density at radius 2 is 2.50 bits per heavy atom. The number of hydrogen-bond acceptors (Lipinski definition) is 4. The molecule has 0 spiro atoms. The van der Waals surface area contributed by atoms with Gasteiger partial charge in [0.25, 0.3) is 0 Å². The van der Waals surface area contributed by atoms with Crippen molar-refractivity contribution in [3.63, 3.8) is 0 Å². The summed E-state index contributed by atoms with van der Waals surface area (Å²) in [5, 5.41) is 3.73. The zero-order valence-corrected chi connectivity index (χ0v) is 10.2. The van der Waals surface area contributed by atoms with Gasteiger partial charge in [0.1, 0.15) is 5.82 Å². The average Bonchev–Trinajstić information content (AvgIpc) is 2.30. The number of nitrogens with one attached hydrogen (secondary N) is 1. The van der Waals surface area contributed by atoms with Crippen LogP contribution >= 0.6 is 11.6 Å². The first kappa shape index (κ1) is 11.6. The molecule has 0 amide bonds. The van der Waals surface area contributed by atoms with Crippen LogP contribution in [0, 0.1) is 5.92 Å². The minimum Gasteiger partial charge on any atom is -0.359 e. The molecule has 0 radical (unpaired) electrons. The van der Waals surface area contributed by atoms with Gasteiger partial charge >= 0.3 is 0 Å². The molecule has 1 aliphatic heterocycles. The molecule has 1 aliphatic rings. The monoisotopic (exact) mass is 240 g/mol. The fraction of sp³-hybridized carbons (Fsp3) is 0.636. The van der Waals surface area contributed by atoms with Crippen molar-refractivity contribution in [2.24, 2.45) is 5.92 Å². The third-order valence-electron chi connectivity index (χ3n) is 2.93. The number of nitrogens with zero attached hydrogens (tertiary/aromatic N) is 3. The summed E-state index contributed by atoms with van der Waals surface area (Å²) in [4.78, 5) is 10.2. The van der Waals surface area contributed by atoms with Gasteiger partial charge in [-0.05, 0) is 49.5 Å². The van der Waals surface area contributed by atoms with Crippen LogP contribution in [-0.2, 0) is 0 Å². The van der Waals surface area contributed by atoms with Gasteiger partial charge in [-0.2, -0.15) is 0 Å². The van der Waals surface area contributed by atoms with Gasteiger partial charge in [-0.1, -0.05) is 0 Å². The number of halogens is 1. The maximum absolute atomic E-state index is 5.77. The smallest absolute Gasteiger partial charge is 0.224 e. The highest BCUT2D eigenvalue weighted by atomic mass is 35.5. The second-order valence-corrected chi connectivity index (χ2v) is 4.61. The number of piperidine rings is 1. The van der Waals surface area contributed by atoms with Gasteiger partial charge in [-0.25, -0.2) is 9.97 Å². The van der Waals surface area contributed by atoms with Crippen molar-refractivity contribution < 1.29 is 0 Å². The summed E-state index contributed by atoms with van der Waals surface area (Å²) in [6.07, 6.45) is 4.25. The number of rotatable bonds is 3. The highest BCUT2D eigenvalue weighted by Gasteiger charge is 2.15. The summed E-state index contributed by atoms with van der Waals surface area (Å²) < 4.78 is 0. The van der Waals surface area contributed by atoms with Crippen LogP contribution in [0.3, 0.4) is 0 Å². The first-order valence-corrected chi connectivity index (χ1v) is 6.04. The Labute approximate surface area is 101 Å². The molecule has 1 N–H and O–H groups in total. The molecule has 4 nitrogen and oxygen atoms in total. The van der Waals surface area contributed by atoms with E-state index in [1.165, 1.54) is 12.8 Å². The Morgan fingerprint density at radius 3 is 3.19 bits per heavy atom. The van der Waals surface area contributed by atoms with Gasteiger partial charge in [0.05, 0.1) is 0 Å². The normalized spacial score (nSPS) is 20.8. The molecule has 0 aromatic carbocycles. The lowest BCUT2D eigenvalue weighted by Crippen LogP contribution is -2.37.